The standard InChI is InChI=1S/C11H14N4O/c1-9-2-3-10(7-15-9)6-13-8-11(16)14-5-4-12/h2-3,7,13H,5-6,8H2,1H3,(H,14,16). The Morgan fingerprint density at radius 3 is 3.00 bits per heavy atom. The number of hydrogen-bond acceptors (Lipinski definition) is 4. The monoisotopic (exact) mass is 218 g/mol. The van der Waals surface area contributed by atoms with Gasteiger partial charge in [0.15, 0.2) is 0 Å². The van der Waals surface area contributed by atoms with Crippen molar-refractivity contribution in [2.75, 3.05) is 13.1 Å². The molecule has 1 aromatic heterocycles. The largest absolute Gasteiger partial charge is 0.342 e. The van der Waals surface area contributed by atoms with Gasteiger partial charge in [-0.25, -0.2) is 0 Å². The van der Waals surface area contributed by atoms with Gasteiger partial charge in [-0.15, -0.1) is 0 Å². The molecular weight excluding hydrogens is 204 g/mol. The van der Waals surface area contributed by atoms with Crippen LogP contribution in [0.15, 0.2) is 18.3 Å². The van der Waals surface area contributed by atoms with Crippen molar-refractivity contribution in [1.29, 1.82) is 5.26 Å². The van der Waals surface area contributed by atoms with Crippen LogP contribution in [0, 0.1) is 18.3 Å². The first kappa shape index (κ1) is 12.1. The third kappa shape index (κ3) is 4.53. The summed E-state index contributed by atoms with van der Waals surface area (Å²) in [4.78, 5) is 15.2. The minimum absolute atomic E-state index is 0.0482. The SMILES string of the molecule is Cc1ccc(CNCC(=O)NCC#N)cn1. The molecule has 0 aliphatic carbocycles. The zero-order valence-corrected chi connectivity index (χ0v) is 9.16. The van der Waals surface area contributed by atoms with Crippen molar-refractivity contribution >= 4 is 5.91 Å². The van der Waals surface area contributed by atoms with Gasteiger partial charge in [0.2, 0.25) is 5.91 Å². The number of nitrogens with one attached hydrogen (secondary N) is 2. The van der Waals surface area contributed by atoms with Crippen molar-refractivity contribution in [3.8, 4) is 6.07 Å². The van der Waals surface area contributed by atoms with E-state index in [0.29, 0.717) is 6.54 Å². The Labute approximate surface area is 94.5 Å². The average molecular weight is 218 g/mol. The van der Waals surface area contributed by atoms with Crippen molar-refractivity contribution in [1.82, 2.24) is 15.6 Å². The molecule has 0 fully saturated rings. The van der Waals surface area contributed by atoms with Crippen LogP contribution < -0.4 is 10.6 Å². The topological polar surface area (TPSA) is 77.8 Å². The first-order chi connectivity index (χ1) is 7.72. The summed E-state index contributed by atoms with van der Waals surface area (Å²) >= 11 is 0. The maximum Gasteiger partial charge on any atom is 0.234 e. The second kappa shape index (κ2) is 6.53. The normalized spacial score (nSPS) is 9.50. The van der Waals surface area contributed by atoms with Crippen molar-refractivity contribution in [2.24, 2.45) is 0 Å². The average Bonchev–Trinajstić information content (AvgIpc) is 2.29. The van der Waals surface area contributed by atoms with E-state index < -0.39 is 0 Å². The van der Waals surface area contributed by atoms with Crippen molar-refractivity contribution < 1.29 is 4.79 Å². The lowest BCUT2D eigenvalue weighted by Crippen LogP contribution is -2.33. The molecule has 2 N–H and O–H groups in total. The molecule has 1 rings (SSSR count). The van der Waals surface area contributed by atoms with Gasteiger partial charge in [-0.3, -0.25) is 9.78 Å². The van der Waals surface area contributed by atoms with Crippen LogP contribution in [0.4, 0.5) is 0 Å². The quantitative estimate of drug-likeness (QED) is 0.688. The molecule has 0 aliphatic heterocycles. The number of rotatable bonds is 5. The lowest BCUT2D eigenvalue weighted by Gasteiger charge is -2.04. The van der Waals surface area contributed by atoms with E-state index in [0.717, 1.165) is 11.3 Å². The van der Waals surface area contributed by atoms with E-state index in [2.05, 4.69) is 15.6 Å². The minimum Gasteiger partial charge on any atom is -0.342 e. The fourth-order valence-corrected chi connectivity index (χ4v) is 1.12. The molecule has 1 amide bonds. The summed E-state index contributed by atoms with van der Waals surface area (Å²) in [6, 6.07) is 5.73. The van der Waals surface area contributed by atoms with Crippen LogP contribution in [0.3, 0.4) is 0 Å². The second-order valence-corrected chi connectivity index (χ2v) is 3.35. The van der Waals surface area contributed by atoms with Crippen LogP contribution in [0.25, 0.3) is 0 Å². The minimum atomic E-state index is -0.179. The van der Waals surface area contributed by atoms with Crippen molar-refractivity contribution in [3.05, 3.63) is 29.6 Å². The van der Waals surface area contributed by atoms with E-state index >= 15 is 0 Å². The number of amides is 1. The van der Waals surface area contributed by atoms with Crippen molar-refractivity contribution in [2.45, 2.75) is 13.5 Å². The predicted molar refractivity (Wildman–Crippen MR) is 59.3 cm³/mol. The fourth-order valence-electron chi connectivity index (χ4n) is 1.12. The number of pyridine rings is 1. The van der Waals surface area contributed by atoms with Crippen LogP contribution in [-0.2, 0) is 11.3 Å². The van der Waals surface area contributed by atoms with Gasteiger partial charge in [-0.05, 0) is 18.6 Å². The van der Waals surface area contributed by atoms with E-state index in [1.165, 1.54) is 0 Å². The number of hydrogen-bond donors (Lipinski definition) is 2. The Balaban J connectivity index is 2.23. The Morgan fingerprint density at radius 2 is 2.38 bits per heavy atom. The molecule has 0 bridgehead atoms. The van der Waals surface area contributed by atoms with Gasteiger partial charge in [0.25, 0.3) is 0 Å². The molecule has 16 heavy (non-hydrogen) atoms. The summed E-state index contributed by atoms with van der Waals surface area (Å²) in [6.07, 6.45) is 1.77. The Bertz CT molecular complexity index is 380. The molecule has 0 aliphatic rings. The molecule has 0 saturated carbocycles. The number of aromatic nitrogens is 1. The van der Waals surface area contributed by atoms with Gasteiger partial charge >= 0.3 is 0 Å². The zero-order chi connectivity index (χ0) is 11.8. The number of nitriles is 1. The van der Waals surface area contributed by atoms with E-state index in [1.54, 1.807) is 6.20 Å². The van der Waals surface area contributed by atoms with Gasteiger partial charge < -0.3 is 10.6 Å². The smallest absolute Gasteiger partial charge is 0.234 e. The Morgan fingerprint density at radius 1 is 1.56 bits per heavy atom. The molecule has 0 aromatic carbocycles. The van der Waals surface area contributed by atoms with Gasteiger partial charge in [0.05, 0.1) is 12.6 Å². The molecular formula is C11H14N4O. The summed E-state index contributed by atoms with van der Waals surface area (Å²) in [5.74, 6) is -0.179. The first-order valence-electron chi connectivity index (χ1n) is 4.98. The zero-order valence-electron chi connectivity index (χ0n) is 9.16. The first-order valence-corrected chi connectivity index (χ1v) is 4.98. The van der Waals surface area contributed by atoms with Gasteiger partial charge in [-0.1, -0.05) is 6.07 Å². The Hall–Kier alpha value is -1.93. The maximum atomic E-state index is 11.1. The lowest BCUT2D eigenvalue weighted by atomic mass is 10.2. The van der Waals surface area contributed by atoms with Crippen LogP contribution in [0.5, 0.6) is 0 Å². The van der Waals surface area contributed by atoms with Crippen LogP contribution in [0.2, 0.25) is 0 Å². The molecule has 5 nitrogen and oxygen atoms in total. The maximum absolute atomic E-state index is 11.1. The summed E-state index contributed by atoms with van der Waals surface area (Å²) in [5.41, 5.74) is 1.99. The lowest BCUT2D eigenvalue weighted by molar-refractivity contribution is -0.120. The summed E-state index contributed by atoms with van der Waals surface area (Å²) < 4.78 is 0. The highest BCUT2D eigenvalue weighted by Crippen LogP contribution is 1.97. The van der Waals surface area contributed by atoms with Crippen LogP contribution in [0.1, 0.15) is 11.3 Å². The van der Waals surface area contributed by atoms with E-state index in [4.69, 9.17) is 5.26 Å². The molecule has 0 atom stereocenters. The van der Waals surface area contributed by atoms with Crippen molar-refractivity contribution in [3.63, 3.8) is 0 Å². The third-order valence-corrected chi connectivity index (χ3v) is 1.95. The number of carbonyl (C=O) groups excluding carboxylic acids is 1. The summed E-state index contributed by atoms with van der Waals surface area (Å²) in [7, 11) is 0. The second-order valence-electron chi connectivity index (χ2n) is 3.35. The van der Waals surface area contributed by atoms with Gasteiger partial charge in [0.1, 0.15) is 6.54 Å². The molecule has 0 saturated heterocycles. The van der Waals surface area contributed by atoms with E-state index in [9.17, 15) is 4.79 Å². The molecule has 0 radical (unpaired) electrons. The van der Waals surface area contributed by atoms with Gasteiger partial charge in [-0.2, -0.15) is 5.26 Å². The summed E-state index contributed by atoms with van der Waals surface area (Å²) in [6.45, 7) is 2.77. The molecule has 0 spiro atoms. The molecule has 1 aromatic rings. The van der Waals surface area contributed by atoms with Gasteiger partial charge in [0, 0.05) is 18.4 Å². The molecule has 1 heterocycles. The van der Waals surface area contributed by atoms with Crippen LogP contribution >= 0.6 is 0 Å². The highest BCUT2D eigenvalue weighted by atomic mass is 16.1. The fraction of sp³-hybridized carbons (Fsp3) is 0.364. The molecule has 0 unspecified atom stereocenters. The summed E-state index contributed by atoms with van der Waals surface area (Å²) in [5, 5.41) is 13.7. The predicted octanol–water partition coefficient (Wildman–Crippen LogP) is 0.119. The van der Waals surface area contributed by atoms with E-state index in [1.807, 2.05) is 25.1 Å². The Kier molecular flexibility index (Phi) is 4.96. The highest BCUT2D eigenvalue weighted by molar-refractivity contribution is 5.78. The van der Waals surface area contributed by atoms with E-state index in [-0.39, 0.29) is 19.0 Å². The molecule has 5 heteroatoms. The number of aryl methyl sites for hydroxylation is 1. The van der Waals surface area contributed by atoms with Crippen LogP contribution in [-0.4, -0.2) is 24.0 Å². The molecule has 84 valence electrons. The number of nitrogens with zero attached hydrogens (tertiary/aromatic N) is 2. The third-order valence-electron chi connectivity index (χ3n) is 1.95. The highest BCUT2D eigenvalue weighted by Gasteiger charge is 1.99. The number of carbonyl (C=O) groups is 1.